The van der Waals surface area contributed by atoms with E-state index in [1.807, 2.05) is 0 Å². The average molecular weight is 282 g/mol. The van der Waals surface area contributed by atoms with Crippen molar-refractivity contribution < 1.29 is 22.7 Å². The van der Waals surface area contributed by atoms with E-state index in [1.165, 1.54) is 0 Å². The molecule has 1 aromatic carbocycles. The molecule has 1 aromatic rings. The summed E-state index contributed by atoms with van der Waals surface area (Å²) in [7, 11) is 0. The van der Waals surface area contributed by atoms with Crippen molar-refractivity contribution in [3.05, 3.63) is 34.9 Å². The number of alkyl carbamates (subject to hydrolysis) is 1. The summed E-state index contributed by atoms with van der Waals surface area (Å²) in [5, 5.41) is 2.68. The summed E-state index contributed by atoms with van der Waals surface area (Å²) in [6, 6.07) is 6.16. The van der Waals surface area contributed by atoms with Crippen molar-refractivity contribution in [2.75, 3.05) is 6.61 Å². The molecule has 1 atom stereocenters. The third kappa shape index (κ3) is 4.83. The smallest absolute Gasteiger partial charge is 0.422 e. The fraction of sp³-hybridized carbons (Fsp3) is 0.364. The van der Waals surface area contributed by atoms with Crippen molar-refractivity contribution in [2.24, 2.45) is 0 Å². The Bertz CT molecular complexity index is 423. The molecule has 0 spiro atoms. The number of carbonyl (C=O) groups is 1. The van der Waals surface area contributed by atoms with Crippen LogP contribution in [-0.2, 0) is 4.74 Å². The van der Waals surface area contributed by atoms with Gasteiger partial charge in [-0.05, 0) is 18.6 Å². The first kappa shape index (κ1) is 14.6. The summed E-state index contributed by atoms with van der Waals surface area (Å²) in [6.45, 7) is -0.0237. The van der Waals surface area contributed by atoms with Crippen molar-refractivity contribution in [3.8, 4) is 0 Å². The van der Waals surface area contributed by atoms with Crippen LogP contribution < -0.4 is 5.32 Å². The normalized spacial score (nSPS) is 12.9. The lowest BCUT2D eigenvalue weighted by atomic mass is 10.1. The predicted molar refractivity (Wildman–Crippen MR) is 60.4 cm³/mol. The summed E-state index contributed by atoms with van der Waals surface area (Å²) < 4.78 is 39.5. The molecule has 1 unspecified atom stereocenters. The second kappa shape index (κ2) is 5.95. The predicted octanol–water partition coefficient (Wildman–Crippen LogP) is 3.69. The maximum atomic E-state index is 11.8. The number of hydrogen-bond acceptors (Lipinski definition) is 2. The maximum absolute atomic E-state index is 11.8. The number of carbonyl (C=O) groups excluding carboxylic acids is 1. The van der Waals surface area contributed by atoms with E-state index < -0.39 is 24.9 Å². The van der Waals surface area contributed by atoms with Gasteiger partial charge in [-0.1, -0.05) is 29.8 Å². The Balaban J connectivity index is 2.53. The van der Waals surface area contributed by atoms with Gasteiger partial charge in [-0.15, -0.1) is 0 Å². The summed E-state index contributed by atoms with van der Waals surface area (Å²) in [4.78, 5) is 11.1. The van der Waals surface area contributed by atoms with Crippen LogP contribution in [0.25, 0.3) is 0 Å². The number of benzene rings is 1. The molecule has 100 valence electrons. The van der Waals surface area contributed by atoms with E-state index in [4.69, 9.17) is 11.6 Å². The highest BCUT2D eigenvalue weighted by Gasteiger charge is 2.29. The Kier molecular flexibility index (Phi) is 4.84. The lowest BCUT2D eigenvalue weighted by Gasteiger charge is -2.16. The van der Waals surface area contributed by atoms with Gasteiger partial charge in [-0.25, -0.2) is 4.79 Å². The fourth-order valence-electron chi connectivity index (χ4n) is 1.27. The third-order valence-electron chi connectivity index (χ3n) is 2.07. The lowest BCUT2D eigenvalue weighted by Crippen LogP contribution is -2.31. The molecule has 18 heavy (non-hydrogen) atoms. The van der Waals surface area contributed by atoms with Gasteiger partial charge >= 0.3 is 12.3 Å². The monoisotopic (exact) mass is 281 g/mol. The second-order valence-electron chi connectivity index (χ2n) is 3.58. The molecule has 0 aliphatic rings. The maximum Gasteiger partial charge on any atom is 0.422 e. The van der Waals surface area contributed by atoms with Crippen molar-refractivity contribution in [2.45, 2.75) is 19.1 Å². The zero-order chi connectivity index (χ0) is 13.8. The molecular weight excluding hydrogens is 271 g/mol. The topological polar surface area (TPSA) is 38.3 Å². The van der Waals surface area contributed by atoms with Gasteiger partial charge in [0.2, 0.25) is 0 Å². The molecule has 1 amide bonds. The summed E-state index contributed by atoms with van der Waals surface area (Å²) in [5.41, 5.74) is 0.600. The number of rotatable bonds is 3. The van der Waals surface area contributed by atoms with Gasteiger partial charge in [0, 0.05) is 5.02 Å². The number of nitrogens with one attached hydrogen (secondary N) is 1. The van der Waals surface area contributed by atoms with E-state index in [1.54, 1.807) is 31.2 Å². The number of ether oxygens (including phenoxy) is 1. The molecule has 3 nitrogen and oxygen atoms in total. The van der Waals surface area contributed by atoms with Crippen LogP contribution in [0.5, 0.6) is 0 Å². The molecule has 1 rings (SSSR count). The molecule has 0 aliphatic carbocycles. The highest BCUT2D eigenvalue weighted by atomic mass is 35.5. The first-order valence-electron chi connectivity index (χ1n) is 5.04. The van der Waals surface area contributed by atoms with E-state index in [-0.39, 0.29) is 0 Å². The minimum atomic E-state index is -4.54. The van der Waals surface area contributed by atoms with E-state index in [9.17, 15) is 18.0 Å². The van der Waals surface area contributed by atoms with Gasteiger partial charge in [0.15, 0.2) is 6.61 Å². The fourth-order valence-corrected chi connectivity index (χ4v) is 1.57. The van der Waals surface area contributed by atoms with Crippen LogP contribution in [0.2, 0.25) is 5.02 Å². The first-order valence-corrected chi connectivity index (χ1v) is 5.42. The van der Waals surface area contributed by atoms with Gasteiger partial charge in [0.25, 0.3) is 0 Å². The highest BCUT2D eigenvalue weighted by molar-refractivity contribution is 6.31. The summed E-state index contributed by atoms with van der Waals surface area (Å²) >= 11 is 5.88. The van der Waals surface area contributed by atoms with Gasteiger partial charge in [0.05, 0.1) is 6.04 Å². The minimum absolute atomic E-state index is 0.418. The molecule has 0 fully saturated rings. The molecule has 0 saturated carbocycles. The quantitative estimate of drug-likeness (QED) is 0.917. The Morgan fingerprint density at radius 3 is 2.61 bits per heavy atom. The van der Waals surface area contributed by atoms with Crippen LogP contribution >= 0.6 is 11.6 Å². The van der Waals surface area contributed by atoms with Crippen LogP contribution in [0.4, 0.5) is 18.0 Å². The number of alkyl halides is 3. The van der Waals surface area contributed by atoms with Crippen molar-refractivity contribution >= 4 is 17.7 Å². The van der Waals surface area contributed by atoms with E-state index >= 15 is 0 Å². The lowest BCUT2D eigenvalue weighted by molar-refractivity contribution is -0.160. The largest absolute Gasteiger partial charge is 0.440 e. The molecule has 0 aliphatic heterocycles. The van der Waals surface area contributed by atoms with Crippen LogP contribution in [-0.4, -0.2) is 18.9 Å². The van der Waals surface area contributed by atoms with Gasteiger partial charge < -0.3 is 10.1 Å². The number of halogens is 4. The van der Waals surface area contributed by atoms with Crippen molar-refractivity contribution in [1.29, 1.82) is 0 Å². The molecule has 7 heteroatoms. The van der Waals surface area contributed by atoms with Gasteiger partial charge in [-0.2, -0.15) is 13.2 Å². The van der Waals surface area contributed by atoms with E-state index in [0.29, 0.717) is 10.6 Å². The van der Waals surface area contributed by atoms with Crippen molar-refractivity contribution in [1.82, 2.24) is 5.32 Å². The SMILES string of the molecule is CC(NC(=O)OCC(F)(F)F)c1ccccc1Cl. The first-order chi connectivity index (χ1) is 8.29. The summed E-state index contributed by atoms with van der Waals surface area (Å²) in [5.74, 6) is 0. The van der Waals surface area contributed by atoms with E-state index in [0.717, 1.165) is 0 Å². The Morgan fingerprint density at radius 1 is 1.44 bits per heavy atom. The molecule has 0 radical (unpaired) electrons. The van der Waals surface area contributed by atoms with Crippen LogP contribution in [0, 0.1) is 0 Å². The highest BCUT2D eigenvalue weighted by Crippen LogP contribution is 2.22. The van der Waals surface area contributed by atoms with E-state index in [2.05, 4.69) is 10.1 Å². The number of hydrogen-bond donors (Lipinski definition) is 1. The molecule has 1 N–H and O–H groups in total. The molecule has 0 saturated heterocycles. The summed E-state index contributed by atoms with van der Waals surface area (Å²) in [6.07, 6.45) is -5.68. The van der Waals surface area contributed by atoms with Gasteiger partial charge in [-0.3, -0.25) is 0 Å². The Hall–Kier alpha value is -1.43. The van der Waals surface area contributed by atoms with Crippen LogP contribution in [0.3, 0.4) is 0 Å². The molecule has 0 heterocycles. The Morgan fingerprint density at radius 2 is 2.06 bits per heavy atom. The minimum Gasteiger partial charge on any atom is -0.440 e. The molecular formula is C11H11ClF3NO2. The third-order valence-corrected chi connectivity index (χ3v) is 2.42. The van der Waals surface area contributed by atoms with Crippen LogP contribution in [0.15, 0.2) is 24.3 Å². The zero-order valence-corrected chi connectivity index (χ0v) is 10.2. The number of amides is 1. The average Bonchev–Trinajstić information content (AvgIpc) is 2.26. The second-order valence-corrected chi connectivity index (χ2v) is 3.99. The van der Waals surface area contributed by atoms with Gasteiger partial charge in [0.1, 0.15) is 0 Å². The zero-order valence-electron chi connectivity index (χ0n) is 9.42. The molecule has 0 bridgehead atoms. The molecule has 0 aromatic heterocycles. The van der Waals surface area contributed by atoms with Crippen LogP contribution in [0.1, 0.15) is 18.5 Å². The Labute approximate surface area is 107 Å². The van der Waals surface area contributed by atoms with Crippen molar-refractivity contribution in [3.63, 3.8) is 0 Å². The standard InChI is InChI=1S/C11H11ClF3NO2/c1-7(8-4-2-3-5-9(8)12)16-10(17)18-6-11(13,14)15/h2-5,7H,6H2,1H3,(H,16,17).